The van der Waals surface area contributed by atoms with Crippen LogP contribution in [0, 0.1) is 10.1 Å². The van der Waals surface area contributed by atoms with Gasteiger partial charge in [-0.2, -0.15) is 0 Å². The fourth-order valence-corrected chi connectivity index (χ4v) is 2.44. The summed E-state index contributed by atoms with van der Waals surface area (Å²) in [6.45, 7) is 0. The number of nitro groups is 1. The van der Waals surface area contributed by atoms with Gasteiger partial charge in [-0.3, -0.25) is 0 Å². The van der Waals surface area contributed by atoms with Gasteiger partial charge in [-0.1, -0.05) is 32.1 Å². The van der Waals surface area contributed by atoms with E-state index in [1.54, 1.807) is 6.07 Å². The SMILES string of the molecule is O=[N+]([O-])c1cc(NC2CCCCCCC2)ccn1. The van der Waals surface area contributed by atoms with Crippen LogP contribution in [-0.4, -0.2) is 15.9 Å². The third kappa shape index (κ3) is 3.68. The molecule has 18 heavy (non-hydrogen) atoms. The molecule has 1 aliphatic carbocycles. The van der Waals surface area contributed by atoms with Crippen molar-refractivity contribution in [3.05, 3.63) is 28.4 Å². The highest BCUT2D eigenvalue weighted by Gasteiger charge is 2.13. The maximum absolute atomic E-state index is 10.7. The van der Waals surface area contributed by atoms with Crippen molar-refractivity contribution in [3.8, 4) is 0 Å². The number of nitrogens with one attached hydrogen (secondary N) is 1. The van der Waals surface area contributed by atoms with Crippen molar-refractivity contribution in [2.24, 2.45) is 0 Å². The van der Waals surface area contributed by atoms with E-state index in [2.05, 4.69) is 10.3 Å². The Kier molecular flexibility index (Phi) is 4.50. The minimum absolute atomic E-state index is 0.0918. The van der Waals surface area contributed by atoms with Crippen LogP contribution in [0.25, 0.3) is 0 Å². The van der Waals surface area contributed by atoms with Gasteiger partial charge in [0.15, 0.2) is 0 Å². The average Bonchev–Trinajstić information content (AvgIpc) is 2.33. The van der Waals surface area contributed by atoms with Crippen LogP contribution in [0.4, 0.5) is 11.5 Å². The molecule has 2 rings (SSSR count). The third-order valence-corrected chi connectivity index (χ3v) is 3.41. The van der Waals surface area contributed by atoms with Crippen molar-refractivity contribution in [1.29, 1.82) is 0 Å². The topological polar surface area (TPSA) is 68.1 Å². The molecule has 1 aromatic rings. The summed E-state index contributed by atoms with van der Waals surface area (Å²) in [6, 6.07) is 3.75. The number of rotatable bonds is 3. The number of anilines is 1. The Labute approximate surface area is 107 Å². The predicted molar refractivity (Wildman–Crippen MR) is 70.6 cm³/mol. The highest BCUT2D eigenvalue weighted by atomic mass is 16.6. The Morgan fingerprint density at radius 1 is 1.22 bits per heavy atom. The summed E-state index contributed by atoms with van der Waals surface area (Å²) in [5.41, 5.74) is 0.808. The zero-order valence-corrected chi connectivity index (χ0v) is 10.5. The lowest BCUT2D eigenvalue weighted by Crippen LogP contribution is -2.20. The first kappa shape index (κ1) is 12.8. The molecule has 0 unspecified atom stereocenters. The van der Waals surface area contributed by atoms with E-state index in [1.165, 1.54) is 44.4 Å². The smallest absolute Gasteiger partial charge is 0.365 e. The van der Waals surface area contributed by atoms with Crippen molar-refractivity contribution in [3.63, 3.8) is 0 Å². The second-order valence-corrected chi connectivity index (χ2v) is 4.85. The highest BCUT2D eigenvalue weighted by molar-refractivity contribution is 5.47. The minimum Gasteiger partial charge on any atom is -0.382 e. The molecular weight excluding hydrogens is 230 g/mol. The van der Waals surface area contributed by atoms with Gasteiger partial charge in [0.1, 0.15) is 6.20 Å². The molecule has 1 N–H and O–H groups in total. The number of hydrogen-bond donors (Lipinski definition) is 1. The number of nitrogens with zero attached hydrogens (tertiary/aromatic N) is 2. The zero-order chi connectivity index (χ0) is 12.8. The van der Waals surface area contributed by atoms with Gasteiger partial charge in [0.2, 0.25) is 0 Å². The molecule has 0 saturated heterocycles. The first-order valence-electron chi connectivity index (χ1n) is 6.63. The lowest BCUT2D eigenvalue weighted by molar-refractivity contribution is -0.389. The van der Waals surface area contributed by atoms with Crippen LogP contribution in [0.5, 0.6) is 0 Å². The predicted octanol–water partition coefficient (Wildman–Crippen LogP) is 3.51. The largest absolute Gasteiger partial charge is 0.382 e. The Balaban J connectivity index is 1.98. The molecule has 5 nitrogen and oxygen atoms in total. The Bertz CT molecular complexity index is 401. The van der Waals surface area contributed by atoms with E-state index < -0.39 is 4.92 Å². The van der Waals surface area contributed by atoms with Crippen molar-refractivity contribution >= 4 is 11.5 Å². The Hall–Kier alpha value is -1.65. The van der Waals surface area contributed by atoms with Gasteiger partial charge in [0, 0.05) is 17.8 Å². The Morgan fingerprint density at radius 3 is 2.56 bits per heavy atom. The normalized spacial score (nSPS) is 17.8. The highest BCUT2D eigenvalue weighted by Crippen LogP contribution is 2.22. The van der Waals surface area contributed by atoms with Crippen LogP contribution >= 0.6 is 0 Å². The standard InChI is InChI=1S/C13H19N3O2/c17-16(18)13-10-12(8-9-14-13)15-11-6-4-2-1-3-5-7-11/h8-11H,1-7H2,(H,14,15). The molecule has 0 radical (unpaired) electrons. The molecular formula is C13H19N3O2. The first-order valence-corrected chi connectivity index (χ1v) is 6.63. The molecule has 0 aliphatic heterocycles. The van der Waals surface area contributed by atoms with Gasteiger partial charge >= 0.3 is 5.82 Å². The molecule has 0 bridgehead atoms. The van der Waals surface area contributed by atoms with Gasteiger partial charge < -0.3 is 15.4 Å². The molecule has 5 heteroatoms. The molecule has 0 aromatic carbocycles. The fourth-order valence-electron chi connectivity index (χ4n) is 2.44. The summed E-state index contributed by atoms with van der Waals surface area (Å²) in [5.74, 6) is -0.0918. The van der Waals surface area contributed by atoms with E-state index >= 15 is 0 Å². The van der Waals surface area contributed by atoms with Crippen molar-refractivity contribution in [2.75, 3.05) is 5.32 Å². The molecule has 1 fully saturated rings. The molecule has 98 valence electrons. The van der Waals surface area contributed by atoms with Crippen LogP contribution in [0.15, 0.2) is 18.3 Å². The number of hydrogen-bond acceptors (Lipinski definition) is 4. The molecule has 0 spiro atoms. The summed E-state index contributed by atoms with van der Waals surface area (Å²) in [5, 5.41) is 14.1. The van der Waals surface area contributed by atoms with Crippen LogP contribution < -0.4 is 5.32 Å². The molecule has 1 saturated carbocycles. The summed E-state index contributed by atoms with van der Waals surface area (Å²) < 4.78 is 0. The van der Waals surface area contributed by atoms with Gasteiger partial charge in [-0.15, -0.1) is 0 Å². The lowest BCUT2D eigenvalue weighted by atomic mass is 9.96. The van der Waals surface area contributed by atoms with Crippen molar-refractivity contribution in [1.82, 2.24) is 4.98 Å². The fraction of sp³-hybridized carbons (Fsp3) is 0.615. The van der Waals surface area contributed by atoms with E-state index in [4.69, 9.17) is 0 Å². The van der Waals surface area contributed by atoms with E-state index in [0.717, 1.165) is 18.5 Å². The summed E-state index contributed by atoms with van der Waals surface area (Å²) in [7, 11) is 0. The quantitative estimate of drug-likeness (QED) is 0.657. The van der Waals surface area contributed by atoms with Crippen LogP contribution in [-0.2, 0) is 0 Å². The minimum atomic E-state index is -0.455. The van der Waals surface area contributed by atoms with E-state index in [-0.39, 0.29) is 5.82 Å². The van der Waals surface area contributed by atoms with Gasteiger partial charge in [-0.25, -0.2) is 0 Å². The Morgan fingerprint density at radius 2 is 1.89 bits per heavy atom. The lowest BCUT2D eigenvalue weighted by Gasteiger charge is -2.21. The second kappa shape index (κ2) is 6.33. The van der Waals surface area contributed by atoms with Crippen LogP contribution in [0.2, 0.25) is 0 Å². The average molecular weight is 249 g/mol. The van der Waals surface area contributed by atoms with Crippen molar-refractivity contribution in [2.45, 2.75) is 51.0 Å². The van der Waals surface area contributed by atoms with Gasteiger partial charge in [0.05, 0.1) is 6.07 Å². The van der Waals surface area contributed by atoms with E-state index in [0.29, 0.717) is 6.04 Å². The summed E-state index contributed by atoms with van der Waals surface area (Å²) in [4.78, 5) is 13.9. The summed E-state index contributed by atoms with van der Waals surface area (Å²) in [6.07, 6.45) is 10.2. The number of aromatic nitrogens is 1. The van der Waals surface area contributed by atoms with Gasteiger partial charge in [-0.05, 0) is 22.7 Å². The first-order chi connectivity index (χ1) is 8.75. The molecule has 1 aromatic heterocycles. The van der Waals surface area contributed by atoms with Gasteiger partial charge in [0.25, 0.3) is 0 Å². The third-order valence-electron chi connectivity index (χ3n) is 3.41. The van der Waals surface area contributed by atoms with Crippen LogP contribution in [0.1, 0.15) is 44.9 Å². The summed E-state index contributed by atoms with van der Waals surface area (Å²) >= 11 is 0. The zero-order valence-electron chi connectivity index (χ0n) is 10.5. The van der Waals surface area contributed by atoms with E-state index in [9.17, 15) is 10.1 Å². The molecule has 0 amide bonds. The molecule has 1 aliphatic rings. The maximum atomic E-state index is 10.7. The molecule has 1 heterocycles. The van der Waals surface area contributed by atoms with E-state index in [1.807, 2.05) is 0 Å². The molecule has 0 atom stereocenters. The maximum Gasteiger partial charge on any atom is 0.365 e. The van der Waals surface area contributed by atoms with Crippen LogP contribution in [0.3, 0.4) is 0 Å². The number of pyridine rings is 1. The second-order valence-electron chi connectivity index (χ2n) is 4.85. The monoisotopic (exact) mass is 249 g/mol. The van der Waals surface area contributed by atoms with Crippen molar-refractivity contribution < 1.29 is 4.92 Å².